The second kappa shape index (κ2) is 6.30. The fourth-order valence-corrected chi connectivity index (χ4v) is 2.27. The van der Waals surface area contributed by atoms with Gasteiger partial charge in [0.15, 0.2) is 0 Å². The fourth-order valence-electron chi connectivity index (χ4n) is 2.27. The van der Waals surface area contributed by atoms with Gasteiger partial charge in [0.05, 0.1) is 29.7 Å². The Morgan fingerprint density at radius 1 is 1.48 bits per heavy atom. The van der Waals surface area contributed by atoms with Gasteiger partial charge >= 0.3 is 5.97 Å². The van der Waals surface area contributed by atoms with Gasteiger partial charge in [-0.15, -0.1) is 0 Å². The van der Waals surface area contributed by atoms with E-state index in [1.54, 1.807) is 36.0 Å². The molecule has 0 fully saturated rings. The van der Waals surface area contributed by atoms with E-state index in [1.165, 1.54) is 0 Å². The molecule has 0 saturated carbocycles. The number of hydrogen-bond donors (Lipinski definition) is 1. The Morgan fingerprint density at radius 2 is 2.24 bits per heavy atom. The lowest BCUT2D eigenvalue weighted by atomic mass is 10.1. The van der Waals surface area contributed by atoms with E-state index in [-0.39, 0.29) is 5.97 Å². The summed E-state index contributed by atoms with van der Waals surface area (Å²) in [5, 5.41) is 4.14. The van der Waals surface area contributed by atoms with Crippen LogP contribution in [0.3, 0.4) is 0 Å². The van der Waals surface area contributed by atoms with Crippen LogP contribution in [0.2, 0.25) is 0 Å². The first-order valence-electron chi connectivity index (χ1n) is 6.77. The van der Waals surface area contributed by atoms with Gasteiger partial charge in [0.2, 0.25) is 0 Å². The zero-order valence-electron chi connectivity index (χ0n) is 12.5. The van der Waals surface area contributed by atoms with Crippen LogP contribution in [0.5, 0.6) is 0 Å². The van der Waals surface area contributed by atoms with Gasteiger partial charge in [-0.1, -0.05) is 6.07 Å². The molecular weight excluding hydrogens is 268 g/mol. The molecule has 2 aromatic rings. The van der Waals surface area contributed by atoms with Crippen molar-refractivity contribution in [1.29, 1.82) is 0 Å². The first kappa shape index (κ1) is 14.9. The minimum absolute atomic E-state index is 0.333. The van der Waals surface area contributed by atoms with Crippen molar-refractivity contribution in [3.05, 3.63) is 41.7 Å². The molecule has 2 N–H and O–H groups in total. The molecule has 1 aromatic heterocycles. The van der Waals surface area contributed by atoms with Crippen molar-refractivity contribution in [1.82, 2.24) is 9.78 Å². The maximum atomic E-state index is 12.1. The molecule has 0 bridgehead atoms. The number of hydrogen-bond acceptors (Lipinski definition) is 5. The fraction of sp³-hybridized carbons (Fsp3) is 0.333. The molecule has 1 heterocycles. The van der Waals surface area contributed by atoms with Crippen molar-refractivity contribution in [2.24, 2.45) is 7.05 Å². The number of nitrogen functional groups attached to an aromatic ring is 1. The molecule has 6 nitrogen and oxygen atoms in total. The standard InChI is InChI=1S/C15H20N4O2/c1-4-21-15(20)12-6-5-7-13(16)14(12)18(2)9-11-8-17-19(3)10-11/h5-8,10H,4,9,16H2,1-3H3. The van der Waals surface area contributed by atoms with Gasteiger partial charge in [0, 0.05) is 32.4 Å². The molecular formula is C15H20N4O2. The molecule has 0 unspecified atom stereocenters. The number of nitrogens with two attached hydrogens (primary N) is 1. The minimum Gasteiger partial charge on any atom is -0.462 e. The van der Waals surface area contributed by atoms with E-state index in [0.717, 1.165) is 5.56 Å². The van der Waals surface area contributed by atoms with Crippen LogP contribution in [0.1, 0.15) is 22.8 Å². The van der Waals surface area contributed by atoms with Crippen molar-refractivity contribution in [3.8, 4) is 0 Å². The van der Waals surface area contributed by atoms with Crippen LogP contribution in [0.4, 0.5) is 11.4 Å². The van der Waals surface area contributed by atoms with E-state index in [0.29, 0.717) is 30.1 Å². The molecule has 21 heavy (non-hydrogen) atoms. The van der Waals surface area contributed by atoms with Gasteiger partial charge in [0.25, 0.3) is 0 Å². The topological polar surface area (TPSA) is 73.4 Å². The van der Waals surface area contributed by atoms with Crippen LogP contribution in [-0.2, 0) is 18.3 Å². The lowest BCUT2D eigenvalue weighted by molar-refractivity contribution is 0.0527. The summed E-state index contributed by atoms with van der Waals surface area (Å²) in [6, 6.07) is 5.25. The van der Waals surface area contributed by atoms with Gasteiger partial charge in [-0.05, 0) is 19.1 Å². The molecule has 0 amide bonds. The molecule has 0 spiro atoms. The van der Waals surface area contributed by atoms with Crippen LogP contribution >= 0.6 is 0 Å². The van der Waals surface area contributed by atoms with Crippen LogP contribution < -0.4 is 10.6 Å². The highest BCUT2D eigenvalue weighted by Gasteiger charge is 2.18. The summed E-state index contributed by atoms with van der Waals surface area (Å²) < 4.78 is 6.83. The average Bonchev–Trinajstić information content (AvgIpc) is 2.83. The predicted molar refractivity (Wildman–Crippen MR) is 82.1 cm³/mol. The zero-order chi connectivity index (χ0) is 15.4. The Hall–Kier alpha value is -2.50. The van der Waals surface area contributed by atoms with E-state index in [1.807, 2.05) is 25.2 Å². The van der Waals surface area contributed by atoms with Crippen molar-refractivity contribution in [2.45, 2.75) is 13.5 Å². The molecule has 6 heteroatoms. The van der Waals surface area contributed by atoms with Crippen LogP contribution in [-0.4, -0.2) is 29.4 Å². The van der Waals surface area contributed by atoms with Gasteiger partial charge in [-0.25, -0.2) is 4.79 Å². The molecule has 1 aromatic carbocycles. The number of carbonyl (C=O) groups excluding carboxylic acids is 1. The largest absolute Gasteiger partial charge is 0.462 e. The Bertz CT molecular complexity index is 636. The second-order valence-corrected chi connectivity index (χ2v) is 4.84. The van der Waals surface area contributed by atoms with E-state index in [2.05, 4.69) is 5.10 Å². The number of benzene rings is 1. The smallest absolute Gasteiger partial charge is 0.340 e. The van der Waals surface area contributed by atoms with Crippen molar-refractivity contribution < 1.29 is 9.53 Å². The van der Waals surface area contributed by atoms with Crippen LogP contribution in [0.25, 0.3) is 0 Å². The van der Waals surface area contributed by atoms with Crippen molar-refractivity contribution >= 4 is 17.3 Å². The predicted octanol–water partition coefficient (Wildman–Crippen LogP) is 1.82. The quantitative estimate of drug-likeness (QED) is 0.671. The number of anilines is 2. The number of nitrogens with zero attached hydrogens (tertiary/aromatic N) is 3. The Kier molecular flexibility index (Phi) is 4.47. The monoisotopic (exact) mass is 288 g/mol. The number of aryl methyl sites for hydroxylation is 1. The number of rotatable bonds is 5. The zero-order valence-corrected chi connectivity index (χ0v) is 12.5. The Labute approximate surface area is 124 Å². The van der Waals surface area contributed by atoms with Gasteiger partial charge in [0.1, 0.15) is 0 Å². The molecule has 0 aliphatic carbocycles. The number of ether oxygens (including phenoxy) is 1. The van der Waals surface area contributed by atoms with E-state index in [9.17, 15) is 4.79 Å². The molecule has 0 aliphatic rings. The summed E-state index contributed by atoms with van der Waals surface area (Å²) in [6.45, 7) is 2.72. The normalized spacial score (nSPS) is 10.4. The molecule has 0 atom stereocenters. The van der Waals surface area contributed by atoms with Crippen molar-refractivity contribution in [3.63, 3.8) is 0 Å². The SMILES string of the molecule is CCOC(=O)c1cccc(N)c1N(C)Cc1cnn(C)c1. The third kappa shape index (κ3) is 3.34. The summed E-state index contributed by atoms with van der Waals surface area (Å²) in [4.78, 5) is 14.0. The van der Waals surface area contributed by atoms with E-state index < -0.39 is 0 Å². The Morgan fingerprint density at radius 3 is 2.86 bits per heavy atom. The van der Waals surface area contributed by atoms with Gasteiger partial charge in [-0.2, -0.15) is 5.10 Å². The maximum absolute atomic E-state index is 12.1. The first-order chi connectivity index (χ1) is 10.0. The number of esters is 1. The van der Waals surface area contributed by atoms with Crippen LogP contribution in [0, 0.1) is 0 Å². The molecule has 0 radical (unpaired) electrons. The third-order valence-electron chi connectivity index (χ3n) is 3.12. The minimum atomic E-state index is -0.363. The summed E-state index contributed by atoms with van der Waals surface area (Å²) >= 11 is 0. The lowest BCUT2D eigenvalue weighted by Crippen LogP contribution is -2.21. The summed E-state index contributed by atoms with van der Waals surface area (Å²) in [5.41, 5.74) is 8.79. The average molecular weight is 288 g/mol. The molecule has 0 aliphatic heterocycles. The number of aromatic nitrogens is 2. The van der Waals surface area contributed by atoms with Gasteiger partial charge < -0.3 is 15.4 Å². The van der Waals surface area contributed by atoms with E-state index >= 15 is 0 Å². The summed E-state index contributed by atoms with van der Waals surface area (Å²) in [7, 11) is 3.76. The maximum Gasteiger partial charge on any atom is 0.340 e. The highest BCUT2D eigenvalue weighted by atomic mass is 16.5. The summed E-state index contributed by atoms with van der Waals surface area (Å²) in [6.07, 6.45) is 3.72. The van der Waals surface area contributed by atoms with E-state index in [4.69, 9.17) is 10.5 Å². The highest BCUT2D eigenvalue weighted by molar-refractivity contribution is 5.99. The number of carbonyl (C=O) groups is 1. The van der Waals surface area contributed by atoms with Crippen molar-refractivity contribution in [2.75, 3.05) is 24.3 Å². The first-order valence-corrected chi connectivity index (χ1v) is 6.77. The Balaban J connectivity index is 2.30. The van der Waals surface area contributed by atoms with Crippen LogP contribution in [0.15, 0.2) is 30.6 Å². The number of para-hydroxylation sites is 1. The lowest BCUT2D eigenvalue weighted by Gasteiger charge is -2.23. The summed E-state index contributed by atoms with van der Waals surface area (Å²) in [5.74, 6) is -0.363. The molecule has 2 rings (SSSR count). The highest BCUT2D eigenvalue weighted by Crippen LogP contribution is 2.28. The molecule has 112 valence electrons. The molecule has 0 saturated heterocycles. The van der Waals surface area contributed by atoms with Gasteiger partial charge in [-0.3, -0.25) is 4.68 Å². The second-order valence-electron chi connectivity index (χ2n) is 4.84. The third-order valence-corrected chi connectivity index (χ3v) is 3.12.